The topological polar surface area (TPSA) is 130 Å². The van der Waals surface area contributed by atoms with Crippen LogP contribution in [0.15, 0.2) is 57.5 Å². The fourth-order valence-electron chi connectivity index (χ4n) is 7.95. The van der Waals surface area contributed by atoms with Gasteiger partial charge in [-0.05, 0) is 97.1 Å². The number of carbonyl (C=O) groups is 4. The van der Waals surface area contributed by atoms with E-state index >= 15 is 0 Å². The van der Waals surface area contributed by atoms with Crippen LogP contribution in [0.3, 0.4) is 0 Å². The second kappa shape index (κ2) is 20.3. The number of methoxy groups -OCH3 is 1. The van der Waals surface area contributed by atoms with Crippen molar-refractivity contribution in [3.8, 4) is 0 Å². The highest BCUT2D eigenvalue weighted by molar-refractivity contribution is 9.10. The molecule has 0 bridgehead atoms. The maximum absolute atomic E-state index is 14.3. The Morgan fingerprint density at radius 3 is 2.00 bits per heavy atom. The van der Waals surface area contributed by atoms with E-state index in [1.807, 2.05) is 70.8 Å². The first-order valence-electron chi connectivity index (χ1n) is 19.2. The van der Waals surface area contributed by atoms with Crippen molar-refractivity contribution in [2.45, 2.75) is 96.7 Å². The highest BCUT2D eigenvalue weighted by atomic mass is 79.9. The molecule has 2 aliphatic heterocycles. The fourth-order valence-corrected chi connectivity index (χ4v) is 8.75. The lowest BCUT2D eigenvalue weighted by Gasteiger charge is -2.48. The molecule has 0 unspecified atom stereocenters. The molecule has 2 aromatic rings. The molecule has 310 valence electrons. The maximum Gasteiger partial charge on any atom is 0.338 e. The Morgan fingerprint density at radius 2 is 1.46 bits per heavy atom. The Balaban J connectivity index is 1.78. The van der Waals surface area contributed by atoms with Gasteiger partial charge in [-0.3, -0.25) is 9.59 Å². The fraction of sp³-hybridized carbons (Fsp3) is 0.619. The molecule has 0 aliphatic carbocycles. The van der Waals surface area contributed by atoms with E-state index in [1.54, 1.807) is 50.4 Å². The molecule has 11 atom stereocenters. The van der Waals surface area contributed by atoms with Gasteiger partial charge in [-0.1, -0.05) is 64.8 Å². The number of nitrogens with zero attached hydrogens (tertiary/aromatic N) is 2. The van der Waals surface area contributed by atoms with Gasteiger partial charge in [0.25, 0.3) is 0 Å². The zero-order chi connectivity index (χ0) is 41.5. The SMILES string of the molecule is CO[C@]1(C)C[C@@H](C)[C@H](OC(=O)c2cccc(Br)c2)[C@H](C)CN(C)CCOC(=O)[C@H](C)C(=O)[C@H](C)[C@H]1O[C@@H]1O[C@H](C)C[C@H](N(C)C)[C@H]1OC(=O)c1cccc(Br)c1. The van der Waals surface area contributed by atoms with Gasteiger partial charge in [-0.2, -0.15) is 0 Å². The van der Waals surface area contributed by atoms with Crippen molar-refractivity contribution in [2.24, 2.45) is 23.7 Å². The van der Waals surface area contributed by atoms with E-state index in [2.05, 4.69) is 31.9 Å². The summed E-state index contributed by atoms with van der Waals surface area (Å²) in [6.45, 7) is 12.0. The maximum atomic E-state index is 14.3. The third-order valence-electron chi connectivity index (χ3n) is 11.1. The summed E-state index contributed by atoms with van der Waals surface area (Å²) in [6, 6.07) is 13.6. The minimum absolute atomic E-state index is 0.0760. The Hall–Kier alpha value is -2.72. The van der Waals surface area contributed by atoms with Crippen molar-refractivity contribution >= 4 is 55.6 Å². The summed E-state index contributed by atoms with van der Waals surface area (Å²) < 4.78 is 39.4. The number of ketones is 1. The summed E-state index contributed by atoms with van der Waals surface area (Å²) in [5.41, 5.74) is -0.472. The Morgan fingerprint density at radius 1 is 0.893 bits per heavy atom. The Bertz CT molecular complexity index is 1680. The quantitative estimate of drug-likeness (QED) is 0.157. The van der Waals surface area contributed by atoms with Gasteiger partial charge < -0.3 is 38.2 Å². The molecule has 2 heterocycles. The molecule has 2 aromatic carbocycles. The van der Waals surface area contributed by atoms with E-state index in [0.717, 1.165) is 8.95 Å². The number of cyclic esters (lactones) is 1. The van der Waals surface area contributed by atoms with Crippen LogP contribution in [-0.2, 0) is 38.0 Å². The lowest BCUT2D eigenvalue weighted by molar-refractivity contribution is -0.295. The molecule has 2 saturated heterocycles. The average molecular weight is 911 g/mol. The second-order valence-corrected chi connectivity index (χ2v) is 17.7. The summed E-state index contributed by atoms with van der Waals surface area (Å²) in [5.74, 6) is -4.59. The van der Waals surface area contributed by atoms with E-state index in [0.29, 0.717) is 30.6 Å². The van der Waals surface area contributed by atoms with Gasteiger partial charge in [0.1, 0.15) is 18.6 Å². The van der Waals surface area contributed by atoms with Crippen LogP contribution in [0.25, 0.3) is 0 Å². The lowest BCUT2D eigenvalue weighted by atomic mass is 9.76. The molecule has 0 radical (unpaired) electrons. The first-order chi connectivity index (χ1) is 26.3. The predicted octanol–water partition coefficient (Wildman–Crippen LogP) is 6.81. The monoisotopic (exact) mass is 908 g/mol. The number of esters is 3. The highest BCUT2D eigenvalue weighted by Crippen LogP contribution is 2.39. The molecule has 2 fully saturated rings. The average Bonchev–Trinajstić information content (AvgIpc) is 3.14. The number of carbonyl (C=O) groups excluding carboxylic acids is 4. The highest BCUT2D eigenvalue weighted by Gasteiger charge is 2.51. The number of hydrogen-bond acceptors (Lipinski definition) is 12. The van der Waals surface area contributed by atoms with E-state index in [9.17, 15) is 19.2 Å². The van der Waals surface area contributed by atoms with Crippen LogP contribution in [0.1, 0.15) is 75.1 Å². The molecular weight excluding hydrogens is 852 g/mol. The summed E-state index contributed by atoms with van der Waals surface area (Å²) in [5, 5.41) is 0. The van der Waals surface area contributed by atoms with Crippen molar-refractivity contribution in [2.75, 3.05) is 47.9 Å². The number of benzene rings is 2. The lowest BCUT2D eigenvalue weighted by Crippen LogP contribution is -2.60. The van der Waals surface area contributed by atoms with Crippen LogP contribution in [0, 0.1) is 23.7 Å². The van der Waals surface area contributed by atoms with Crippen LogP contribution in [-0.4, -0.2) is 124 Å². The van der Waals surface area contributed by atoms with Crippen molar-refractivity contribution in [1.29, 1.82) is 0 Å². The molecule has 12 nitrogen and oxygen atoms in total. The number of Topliss-reactive ketones (excluding diaryl/α,β-unsaturated/α-hetero) is 1. The molecule has 0 saturated carbocycles. The van der Waals surface area contributed by atoms with E-state index in [-0.39, 0.29) is 37.0 Å². The predicted molar refractivity (Wildman–Crippen MR) is 218 cm³/mol. The summed E-state index contributed by atoms with van der Waals surface area (Å²) in [6.07, 6.45) is -3.16. The van der Waals surface area contributed by atoms with Crippen LogP contribution in [0.5, 0.6) is 0 Å². The van der Waals surface area contributed by atoms with Crippen LogP contribution in [0.2, 0.25) is 0 Å². The molecule has 4 rings (SSSR count). The molecule has 0 N–H and O–H groups in total. The van der Waals surface area contributed by atoms with Crippen molar-refractivity contribution in [1.82, 2.24) is 9.80 Å². The van der Waals surface area contributed by atoms with Gasteiger partial charge in [0.2, 0.25) is 0 Å². The van der Waals surface area contributed by atoms with Crippen molar-refractivity contribution < 1.29 is 47.6 Å². The zero-order valence-electron chi connectivity index (χ0n) is 34.2. The summed E-state index contributed by atoms with van der Waals surface area (Å²) in [7, 11) is 7.26. The molecule has 56 heavy (non-hydrogen) atoms. The first kappa shape index (κ1) is 46.0. The normalized spacial score (nSPS) is 32.9. The van der Waals surface area contributed by atoms with Gasteiger partial charge in [0.05, 0.1) is 35.0 Å². The molecule has 0 spiro atoms. The van der Waals surface area contributed by atoms with Gasteiger partial charge in [0.15, 0.2) is 18.2 Å². The van der Waals surface area contributed by atoms with Gasteiger partial charge >= 0.3 is 17.9 Å². The van der Waals surface area contributed by atoms with Gasteiger partial charge in [-0.25, -0.2) is 9.59 Å². The Labute approximate surface area is 348 Å². The van der Waals surface area contributed by atoms with Crippen LogP contribution >= 0.6 is 31.9 Å². The minimum atomic E-state index is -1.22. The van der Waals surface area contributed by atoms with Crippen LogP contribution < -0.4 is 0 Å². The number of hydrogen-bond donors (Lipinski definition) is 0. The first-order valence-corrected chi connectivity index (χ1v) is 20.8. The van der Waals surface area contributed by atoms with Gasteiger partial charge in [-0.15, -0.1) is 0 Å². The molecule has 2 aliphatic rings. The van der Waals surface area contributed by atoms with E-state index in [1.165, 1.54) is 6.92 Å². The smallest absolute Gasteiger partial charge is 0.338 e. The standard InChI is InChI=1S/C42H58Br2N2O10/c1-24-22-42(6,51-10)37(56-41-36(33(45(7)8)19-26(3)53-41)55-40(50)30-14-12-16-32(44)21-30)27(4)34(47)28(5)38(48)52-18-17-46(9)23-25(2)35(24)54-39(49)29-13-11-15-31(43)20-29/h11-16,20-21,24-28,33,35-37,41H,17-19,22-23H2,1-10H3/t24-,25-,26-,27+,28-,33+,35+,36-,37-,41+,42-/m1/s1. The Kier molecular flexibility index (Phi) is 16.7. The van der Waals surface area contributed by atoms with E-state index < -0.39 is 65.7 Å². The van der Waals surface area contributed by atoms with Crippen molar-refractivity contribution in [3.05, 3.63) is 68.6 Å². The number of ether oxygens (including phenoxy) is 6. The zero-order valence-corrected chi connectivity index (χ0v) is 37.3. The number of halogens is 2. The van der Waals surface area contributed by atoms with Crippen molar-refractivity contribution in [3.63, 3.8) is 0 Å². The summed E-state index contributed by atoms with van der Waals surface area (Å²) in [4.78, 5) is 58.9. The molecule has 14 heteroatoms. The third-order valence-corrected chi connectivity index (χ3v) is 12.0. The minimum Gasteiger partial charge on any atom is -0.464 e. The molecule has 0 amide bonds. The number of rotatable bonds is 8. The van der Waals surface area contributed by atoms with Crippen LogP contribution in [0.4, 0.5) is 0 Å². The second-order valence-electron chi connectivity index (χ2n) is 15.9. The largest absolute Gasteiger partial charge is 0.464 e. The van der Waals surface area contributed by atoms with Gasteiger partial charge in [0, 0.05) is 41.0 Å². The summed E-state index contributed by atoms with van der Waals surface area (Å²) >= 11 is 6.89. The van der Waals surface area contributed by atoms with E-state index in [4.69, 9.17) is 28.4 Å². The third kappa shape index (κ3) is 11.7. The molecule has 0 aromatic heterocycles. The number of likely N-dealkylation sites (N-methyl/N-ethyl adjacent to an activating group) is 2. The molecular formula is C42H58Br2N2O10.